The van der Waals surface area contributed by atoms with Crippen LogP contribution in [0.2, 0.25) is 0 Å². The number of unbranched alkanes of at least 4 members (excludes halogenated alkanes) is 10. The van der Waals surface area contributed by atoms with E-state index in [9.17, 15) is 18.0 Å². The van der Waals surface area contributed by atoms with Crippen LogP contribution in [0.25, 0.3) is 0 Å². The summed E-state index contributed by atoms with van der Waals surface area (Å²) in [6, 6.07) is 0. The molecule has 0 aliphatic carbocycles. The fourth-order valence-corrected chi connectivity index (χ4v) is 2.81. The van der Waals surface area contributed by atoms with Crippen LogP contribution in [-0.2, 0) is 4.79 Å². The molecule has 0 bridgehead atoms. The van der Waals surface area contributed by atoms with E-state index in [4.69, 9.17) is 23.2 Å². The molecule has 132 valence electrons. The van der Waals surface area contributed by atoms with Crippen molar-refractivity contribution >= 4 is 29.0 Å². The fraction of sp³-hybridized carbons (Fsp3) is 0.938. The molecule has 0 aliphatic rings. The van der Waals surface area contributed by atoms with Crippen LogP contribution >= 0.6 is 23.2 Å². The van der Waals surface area contributed by atoms with E-state index in [2.05, 4.69) is 6.92 Å². The largest absolute Gasteiger partial charge is 0.453 e. The molecule has 0 N–H and O–H groups in total. The molecule has 6 heteroatoms. The molecule has 0 rings (SSSR count). The third-order valence-corrected chi connectivity index (χ3v) is 4.41. The molecule has 0 aromatic carbocycles. The van der Waals surface area contributed by atoms with Crippen molar-refractivity contribution in [3.8, 4) is 0 Å². The maximum Gasteiger partial charge on any atom is 0.453 e. The lowest BCUT2D eigenvalue weighted by molar-refractivity contribution is -0.171. The van der Waals surface area contributed by atoms with Crippen molar-refractivity contribution in [2.45, 2.75) is 94.5 Å². The van der Waals surface area contributed by atoms with Crippen molar-refractivity contribution in [3.05, 3.63) is 0 Å². The van der Waals surface area contributed by atoms with Gasteiger partial charge in [-0.25, -0.2) is 0 Å². The number of hydrogen-bond acceptors (Lipinski definition) is 1. The first-order valence-corrected chi connectivity index (χ1v) is 8.97. The van der Waals surface area contributed by atoms with Crippen LogP contribution in [0, 0.1) is 0 Å². The van der Waals surface area contributed by atoms with Crippen LogP contribution in [0.4, 0.5) is 13.2 Å². The number of carbonyl (C=O) groups is 1. The van der Waals surface area contributed by atoms with E-state index in [1.54, 1.807) is 0 Å². The van der Waals surface area contributed by atoms with E-state index >= 15 is 0 Å². The third kappa shape index (κ3) is 10.7. The van der Waals surface area contributed by atoms with Crippen LogP contribution < -0.4 is 0 Å². The second-order valence-electron chi connectivity index (χ2n) is 5.82. The highest BCUT2D eigenvalue weighted by molar-refractivity contribution is 6.58. The highest BCUT2D eigenvalue weighted by Crippen LogP contribution is 2.36. The van der Waals surface area contributed by atoms with Gasteiger partial charge >= 0.3 is 6.18 Å². The van der Waals surface area contributed by atoms with Gasteiger partial charge in [0.2, 0.25) is 0 Å². The average molecular weight is 363 g/mol. The molecular weight excluding hydrogens is 336 g/mol. The quantitative estimate of drug-likeness (QED) is 0.254. The zero-order valence-corrected chi connectivity index (χ0v) is 14.8. The van der Waals surface area contributed by atoms with E-state index in [0.29, 0.717) is 6.42 Å². The molecule has 0 unspecified atom stereocenters. The molecule has 0 radical (unpaired) electrons. The lowest BCUT2D eigenvalue weighted by atomic mass is 10.0. The van der Waals surface area contributed by atoms with Gasteiger partial charge in [0.05, 0.1) is 0 Å². The SMILES string of the molecule is CCCCCCCCCCCCCC(Cl)(Cl)C(=O)C(F)(F)F. The summed E-state index contributed by atoms with van der Waals surface area (Å²) in [4.78, 5) is 11.0. The maximum atomic E-state index is 12.3. The van der Waals surface area contributed by atoms with Gasteiger partial charge in [-0.3, -0.25) is 4.79 Å². The lowest BCUT2D eigenvalue weighted by Gasteiger charge is -2.19. The smallest absolute Gasteiger partial charge is 0.286 e. The van der Waals surface area contributed by atoms with Gasteiger partial charge in [-0.05, 0) is 12.8 Å². The molecule has 0 aromatic rings. The summed E-state index contributed by atoms with van der Waals surface area (Å²) < 4.78 is 34.4. The van der Waals surface area contributed by atoms with Crippen molar-refractivity contribution in [2.75, 3.05) is 0 Å². The molecule has 0 amide bonds. The van der Waals surface area contributed by atoms with Gasteiger partial charge in [0.15, 0.2) is 4.33 Å². The van der Waals surface area contributed by atoms with E-state index in [-0.39, 0.29) is 6.42 Å². The van der Waals surface area contributed by atoms with Gasteiger partial charge in [0, 0.05) is 0 Å². The van der Waals surface area contributed by atoms with Gasteiger partial charge in [0.1, 0.15) is 0 Å². The van der Waals surface area contributed by atoms with Gasteiger partial charge in [-0.15, -0.1) is 0 Å². The molecule has 0 atom stereocenters. The van der Waals surface area contributed by atoms with Crippen LogP contribution in [0.15, 0.2) is 0 Å². The zero-order valence-electron chi connectivity index (χ0n) is 13.3. The van der Waals surface area contributed by atoms with E-state index < -0.39 is 16.3 Å². The highest BCUT2D eigenvalue weighted by Gasteiger charge is 2.50. The Balaban J connectivity index is 3.55. The minimum atomic E-state index is -4.97. The summed E-state index contributed by atoms with van der Waals surface area (Å²) in [6.07, 6.45) is 6.84. The predicted molar refractivity (Wildman–Crippen MR) is 86.6 cm³/mol. The Bertz CT molecular complexity index is 304. The molecule has 22 heavy (non-hydrogen) atoms. The molecule has 0 fully saturated rings. The van der Waals surface area contributed by atoms with Crippen molar-refractivity contribution in [3.63, 3.8) is 0 Å². The minimum absolute atomic E-state index is 0.147. The molecular formula is C16H27Cl2F3O. The number of hydrogen-bond donors (Lipinski definition) is 0. The first kappa shape index (κ1) is 22.0. The Morgan fingerprint density at radius 1 is 0.773 bits per heavy atom. The lowest BCUT2D eigenvalue weighted by Crippen LogP contribution is -2.38. The van der Waals surface area contributed by atoms with Crippen LogP contribution in [-0.4, -0.2) is 16.3 Å². The second kappa shape index (κ2) is 11.6. The number of halogens is 5. The second-order valence-corrected chi connectivity index (χ2v) is 7.30. The molecule has 0 saturated heterocycles. The molecule has 0 heterocycles. The first-order valence-electron chi connectivity index (χ1n) is 8.21. The number of alkyl halides is 5. The standard InChI is InChI=1S/C16H27Cl2F3O/c1-2-3-4-5-6-7-8-9-10-11-12-13-15(17,18)14(22)16(19,20)21/h2-13H2,1H3. The molecule has 0 aliphatic heterocycles. The topological polar surface area (TPSA) is 17.1 Å². The Morgan fingerprint density at radius 2 is 1.14 bits per heavy atom. The Kier molecular flexibility index (Phi) is 11.6. The number of Topliss-reactive ketones (excluding diaryl/α,β-unsaturated/α-hetero) is 1. The van der Waals surface area contributed by atoms with Gasteiger partial charge in [-0.2, -0.15) is 13.2 Å². The van der Waals surface area contributed by atoms with E-state index in [0.717, 1.165) is 25.7 Å². The van der Waals surface area contributed by atoms with Crippen LogP contribution in [0.5, 0.6) is 0 Å². The summed E-state index contributed by atoms with van der Waals surface area (Å²) >= 11 is 11.0. The van der Waals surface area contributed by atoms with Gasteiger partial charge < -0.3 is 0 Å². The zero-order chi connectivity index (χ0) is 17.1. The summed E-state index contributed by atoms with van der Waals surface area (Å²) in [5.41, 5.74) is 0. The molecule has 0 saturated carbocycles. The van der Waals surface area contributed by atoms with Crippen LogP contribution in [0.3, 0.4) is 0 Å². The van der Waals surface area contributed by atoms with E-state index in [1.807, 2.05) is 0 Å². The van der Waals surface area contributed by atoms with Gasteiger partial charge in [-0.1, -0.05) is 94.3 Å². The average Bonchev–Trinajstić information content (AvgIpc) is 2.43. The minimum Gasteiger partial charge on any atom is -0.286 e. The normalized spacial score (nSPS) is 12.6. The van der Waals surface area contributed by atoms with Crippen LogP contribution in [0.1, 0.15) is 84.0 Å². The fourth-order valence-electron chi connectivity index (χ4n) is 2.33. The van der Waals surface area contributed by atoms with Crippen molar-refractivity contribution in [1.82, 2.24) is 0 Å². The summed E-state index contributed by atoms with van der Waals surface area (Å²) in [5, 5.41) is 0. The van der Waals surface area contributed by atoms with Gasteiger partial charge in [0.25, 0.3) is 5.78 Å². The number of ketones is 1. The Hall–Kier alpha value is 0.0400. The van der Waals surface area contributed by atoms with E-state index in [1.165, 1.54) is 38.5 Å². The van der Waals surface area contributed by atoms with Crippen molar-refractivity contribution < 1.29 is 18.0 Å². The summed E-state index contributed by atoms with van der Waals surface area (Å²) in [6.45, 7) is 2.19. The monoisotopic (exact) mass is 362 g/mol. The molecule has 0 aromatic heterocycles. The highest BCUT2D eigenvalue weighted by atomic mass is 35.5. The van der Waals surface area contributed by atoms with Crippen molar-refractivity contribution in [1.29, 1.82) is 0 Å². The first-order chi connectivity index (χ1) is 10.2. The number of rotatable bonds is 13. The van der Waals surface area contributed by atoms with Crippen molar-refractivity contribution in [2.24, 2.45) is 0 Å². The maximum absolute atomic E-state index is 12.3. The molecule has 1 nitrogen and oxygen atoms in total. The predicted octanol–water partition coefficient (Wildman–Crippen LogP) is 6.99. The summed E-state index contributed by atoms with van der Waals surface area (Å²) in [5.74, 6) is -2.06. The number of carbonyl (C=O) groups excluding carboxylic acids is 1. The summed E-state index contributed by atoms with van der Waals surface area (Å²) in [7, 11) is 0. The molecule has 0 spiro atoms. The Labute approximate surface area is 141 Å². The third-order valence-electron chi connectivity index (χ3n) is 3.68. The Morgan fingerprint density at radius 3 is 1.50 bits per heavy atom.